The van der Waals surface area contributed by atoms with Gasteiger partial charge in [-0.25, -0.2) is 14.4 Å². The first-order valence-electron chi connectivity index (χ1n) is 9.14. The molecule has 0 aliphatic rings. The molecule has 0 spiro atoms. The van der Waals surface area contributed by atoms with E-state index in [2.05, 4.69) is 15.0 Å². The van der Waals surface area contributed by atoms with Crippen LogP contribution in [0.3, 0.4) is 0 Å². The largest absolute Gasteiger partial charge is 0.497 e. The van der Waals surface area contributed by atoms with Crippen molar-refractivity contribution in [2.45, 2.75) is 6.18 Å². The SMILES string of the molecule is COc1cccc(N=C=O)c1.O=C=Nc1ccc(Cl)c(Cl)c1.O=C=Nc1cccc(C(F)(F)F)c1. The Hall–Kier alpha value is -4.03. The van der Waals surface area contributed by atoms with E-state index in [0.29, 0.717) is 27.2 Å². The number of rotatable bonds is 4. The van der Waals surface area contributed by atoms with Crippen LogP contribution in [-0.4, -0.2) is 25.3 Å². The smallest absolute Gasteiger partial charge is 0.416 e. The van der Waals surface area contributed by atoms with Crippen LogP contribution < -0.4 is 4.74 Å². The number of methoxy groups -OCH3 is 1. The van der Waals surface area contributed by atoms with Crippen LogP contribution in [0.2, 0.25) is 10.0 Å². The molecule has 0 unspecified atom stereocenters. The van der Waals surface area contributed by atoms with Gasteiger partial charge >= 0.3 is 6.18 Å². The molecular weight excluding hydrogens is 510 g/mol. The lowest BCUT2D eigenvalue weighted by atomic mass is 10.2. The number of isocyanates is 3. The fourth-order valence-corrected chi connectivity index (χ4v) is 2.44. The maximum Gasteiger partial charge on any atom is 0.416 e. The van der Waals surface area contributed by atoms with Crippen LogP contribution in [-0.2, 0) is 20.6 Å². The quantitative estimate of drug-likeness (QED) is 0.264. The number of hydrogen-bond donors (Lipinski definition) is 0. The number of benzene rings is 3. The second kappa shape index (κ2) is 15.0. The van der Waals surface area contributed by atoms with Crippen LogP contribution in [0.25, 0.3) is 0 Å². The molecule has 3 aromatic carbocycles. The van der Waals surface area contributed by atoms with Gasteiger partial charge in [0.05, 0.1) is 39.8 Å². The molecule has 7 nitrogen and oxygen atoms in total. The topological polar surface area (TPSA) is 97.5 Å². The first-order valence-corrected chi connectivity index (χ1v) is 9.90. The number of aliphatic imine (C=N–C) groups is 3. The number of hydrogen-bond acceptors (Lipinski definition) is 7. The van der Waals surface area contributed by atoms with Crippen molar-refractivity contribution >= 4 is 58.5 Å². The van der Waals surface area contributed by atoms with E-state index in [4.69, 9.17) is 27.9 Å². The number of carbonyl (C=O) groups excluding carboxylic acids is 3. The summed E-state index contributed by atoms with van der Waals surface area (Å²) >= 11 is 11.2. The summed E-state index contributed by atoms with van der Waals surface area (Å²) in [6.45, 7) is 0. The first-order chi connectivity index (χ1) is 16.6. The lowest BCUT2D eigenvalue weighted by Crippen LogP contribution is -2.03. The average Bonchev–Trinajstić information content (AvgIpc) is 2.83. The molecule has 0 radical (unpaired) electrons. The molecule has 0 aliphatic heterocycles. The fourth-order valence-electron chi connectivity index (χ4n) is 2.14. The molecule has 0 amide bonds. The molecule has 180 valence electrons. The molecule has 3 rings (SSSR count). The van der Waals surface area contributed by atoms with Crippen molar-refractivity contribution in [3.05, 3.63) is 82.3 Å². The zero-order chi connectivity index (χ0) is 26.3. The minimum absolute atomic E-state index is 0.0511. The number of nitrogens with zero attached hydrogens (tertiary/aromatic N) is 3. The van der Waals surface area contributed by atoms with Crippen molar-refractivity contribution in [1.82, 2.24) is 0 Å². The third kappa shape index (κ3) is 11.1. The van der Waals surface area contributed by atoms with Crippen molar-refractivity contribution in [2.24, 2.45) is 15.0 Å². The fraction of sp³-hybridized carbons (Fsp3) is 0.0870. The van der Waals surface area contributed by atoms with E-state index in [1.54, 1.807) is 43.5 Å². The third-order valence-corrected chi connectivity index (χ3v) is 4.39. The summed E-state index contributed by atoms with van der Waals surface area (Å²) in [7, 11) is 1.56. The van der Waals surface area contributed by atoms with E-state index >= 15 is 0 Å². The highest BCUT2D eigenvalue weighted by atomic mass is 35.5. The minimum atomic E-state index is -4.41. The monoisotopic (exact) mass is 523 g/mol. The van der Waals surface area contributed by atoms with Crippen molar-refractivity contribution < 1.29 is 32.3 Å². The maximum absolute atomic E-state index is 12.1. The van der Waals surface area contributed by atoms with Crippen molar-refractivity contribution in [3.8, 4) is 5.75 Å². The van der Waals surface area contributed by atoms with Crippen LogP contribution in [0.15, 0.2) is 81.7 Å². The van der Waals surface area contributed by atoms with Gasteiger partial charge in [-0.1, -0.05) is 35.3 Å². The van der Waals surface area contributed by atoms with Crippen LogP contribution in [0, 0.1) is 0 Å². The molecule has 0 heterocycles. The second-order valence-corrected chi connectivity index (χ2v) is 6.77. The van der Waals surface area contributed by atoms with E-state index in [9.17, 15) is 27.6 Å². The summed E-state index contributed by atoms with van der Waals surface area (Å²) < 4.78 is 41.1. The lowest BCUT2D eigenvalue weighted by Gasteiger charge is -2.05. The molecule has 12 heteroatoms. The standard InChI is InChI=1S/C8H4F3NO.C8H7NO2.C7H3Cl2NO/c9-8(10,11)6-2-1-3-7(4-6)12-5-13;1-11-8-4-2-3-7(5-8)9-6-10;8-6-2-1-5(10-4-11)3-7(6)9/h1-4H;2-5H,1H3;1-3H. The highest BCUT2D eigenvalue weighted by Gasteiger charge is 2.30. The van der Waals surface area contributed by atoms with Gasteiger partial charge in [0.15, 0.2) is 0 Å². The summed E-state index contributed by atoms with van der Waals surface area (Å²) in [6, 6.07) is 15.7. The Morgan fingerprint density at radius 1 is 0.714 bits per heavy atom. The Bertz CT molecular complexity index is 1280. The Kier molecular flexibility index (Phi) is 12.4. The molecule has 0 bridgehead atoms. The summed E-state index contributed by atoms with van der Waals surface area (Å²) in [5, 5.41) is 0.819. The molecule has 3 aromatic rings. The predicted octanol–water partition coefficient (Wildman–Crippen LogP) is 7.30. The Morgan fingerprint density at radius 3 is 1.71 bits per heavy atom. The van der Waals surface area contributed by atoms with Crippen molar-refractivity contribution in [2.75, 3.05) is 7.11 Å². The van der Waals surface area contributed by atoms with Gasteiger partial charge < -0.3 is 4.74 Å². The summed E-state index contributed by atoms with van der Waals surface area (Å²) in [5.41, 5.74) is 0.127. The summed E-state index contributed by atoms with van der Waals surface area (Å²) in [5.74, 6) is 0.682. The van der Waals surface area contributed by atoms with Gasteiger partial charge in [-0.2, -0.15) is 28.1 Å². The highest BCUT2D eigenvalue weighted by molar-refractivity contribution is 6.42. The molecular formula is C23H14Cl2F3N3O4. The van der Waals surface area contributed by atoms with Crippen LogP contribution >= 0.6 is 23.2 Å². The van der Waals surface area contributed by atoms with E-state index in [1.807, 2.05) is 0 Å². The van der Waals surface area contributed by atoms with E-state index in [1.165, 1.54) is 36.4 Å². The molecule has 0 N–H and O–H groups in total. The average molecular weight is 524 g/mol. The van der Waals surface area contributed by atoms with Crippen molar-refractivity contribution in [3.63, 3.8) is 0 Å². The van der Waals surface area contributed by atoms with E-state index < -0.39 is 11.7 Å². The zero-order valence-corrected chi connectivity index (χ0v) is 19.2. The Labute approximate surface area is 207 Å². The number of halogens is 5. The third-order valence-electron chi connectivity index (χ3n) is 3.65. The Morgan fingerprint density at radius 2 is 1.23 bits per heavy atom. The number of alkyl halides is 3. The second-order valence-electron chi connectivity index (χ2n) is 5.96. The van der Waals surface area contributed by atoms with Crippen LogP contribution in [0.5, 0.6) is 5.75 Å². The molecule has 0 aliphatic carbocycles. The van der Waals surface area contributed by atoms with E-state index in [-0.39, 0.29) is 5.69 Å². The first kappa shape index (κ1) is 29.0. The van der Waals surface area contributed by atoms with Gasteiger partial charge in [0, 0.05) is 6.07 Å². The van der Waals surface area contributed by atoms with Gasteiger partial charge in [0.1, 0.15) is 5.75 Å². The summed E-state index contributed by atoms with van der Waals surface area (Å²) in [4.78, 5) is 39.3. The zero-order valence-electron chi connectivity index (χ0n) is 17.7. The van der Waals surface area contributed by atoms with E-state index in [0.717, 1.165) is 12.1 Å². The van der Waals surface area contributed by atoms with Crippen LogP contribution in [0.4, 0.5) is 30.2 Å². The molecule has 0 fully saturated rings. The van der Waals surface area contributed by atoms with Gasteiger partial charge in [0.25, 0.3) is 0 Å². The summed E-state index contributed by atoms with van der Waals surface area (Å²) in [6.07, 6.45) is -0.379. The molecule has 35 heavy (non-hydrogen) atoms. The van der Waals surface area contributed by atoms with Gasteiger partial charge in [-0.15, -0.1) is 0 Å². The Balaban J connectivity index is 0.000000264. The molecule has 0 atom stereocenters. The van der Waals surface area contributed by atoms with Crippen LogP contribution in [0.1, 0.15) is 5.56 Å². The van der Waals surface area contributed by atoms with Crippen molar-refractivity contribution in [1.29, 1.82) is 0 Å². The molecule has 0 aromatic heterocycles. The predicted molar refractivity (Wildman–Crippen MR) is 124 cm³/mol. The highest BCUT2D eigenvalue weighted by Crippen LogP contribution is 2.31. The van der Waals surface area contributed by atoms with Gasteiger partial charge in [-0.05, 0) is 48.5 Å². The minimum Gasteiger partial charge on any atom is -0.497 e. The number of ether oxygens (including phenoxy) is 1. The lowest BCUT2D eigenvalue weighted by molar-refractivity contribution is -0.137. The maximum atomic E-state index is 12.1. The molecule has 0 saturated heterocycles. The van der Waals surface area contributed by atoms with Gasteiger partial charge in [0.2, 0.25) is 18.2 Å². The molecule has 0 saturated carbocycles. The normalized spacial score (nSPS) is 9.43. The van der Waals surface area contributed by atoms with Gasteiger partial charge in [-0.3, -0.25) is 0 Å².